The zero-order chi connectivity index (χ0) is 29.1. The summed E-state index contributed by atoms with van der Waals surface area (Å²) in [6, 6.07) is 18.4. The largest absolute Gasteiger partial charge is 0.511 e. The van der Waals surface area contributed by atoms with Gasteiger partial charge in [0.25, 0.3) is 0 Å². The van der Waals surface area contributed by atoms with Crippen molar-refractivity contribution in [1.82, 2.24) is 5.32 Å². The van der Waals surface area contributed by atoms with Gasteiger partial charge in [0.15, 0.2) is 0 Å². The maximum Gasteiger partial charge on any atom is 0.511 e. The number of carboxylic acid groups (broad SMARTS) is 1. The minimum Gasteiger partial charge on any atom is -0.493 e. The number of halogens is 1. The molecule has 0 spiro atoms. The van der Waals surface area contributed by atoms with Gasteiger partial charge in [-0.05, 0) is 89.6 Å². The van der Waals surface area contributed by atoms with E-state index >= 15 is 0 Å². The van der Waals surface area contributed by atoms with Crippen molar-refractivity contribution in [2.75, 3.05) is 13.2 Å². The molecule has 0 heterocycles. The summed E-state index contributed by atoms with van der Waals surface area (Å²) < 4.78 is 11.2. The van der Waals surface area contributed by atoms with Gasteiger partial charge in [0.1, 0.15) is 11.5 Å². The van der Waals surface area contributed by atoms with Gasteiger partial charge in [-0.1, -0.05) is 77.4 Å². The Morgan fingerprint density at radius 2 is 1.57 bits per heavy atom. The van der Waals surface area contributed by atoms with Crippen LogP contribution in [-0.4, -0.2) is 30.5 Å². The second-order valence-corrected chi connectivity index (χ2v) is 12.8. The van der Waals surface area contributed by atoms with Crippen molar-refractivity contribution in [2.45, 2.75) is 84.1 Å². The predicted molar refractivity (Wildman–Crippen MR) is 164 cm³/mol. The molecule has 0 fully saturated rings. The SMILES string of the molecule is CC(C)NCCCCOc1ccc(-c2ccc(OC(=O)O)cc2Cl)cc1-c1ccc2c(c1)C(C)(C)CCC2(C)C. The fourth-order valence-corrected chi connectivity index (χ4v) is 5.78. The molecule has 0 unspecified atom stereocenters. The van der Waals surface area contributed by atoms with Gasteiger partial charge >= 0.3 is 6.16 Å². The van der Waals surface area contributed by atoms with Crippen molar-refractivity contribution in [1.29, 1.82) is 0 Å². The molecule has 0 atom stereocenters. The fraction of sp³-hybridized carbons (Fsp3) is 0.441. The summed E-state index contributed by atoms with van der Waals surface area (Å²) >= 11 is 6.59. The van der Waals surface area contributed by atoms with Crippen molar-refractivity contribution < 1.29 is 19.4 Å². The van der Waals surface area contributed by atoms with Crippen molar-refractivity contribution >= 4 is 17.8 Å². The maximum absolute atomic E-state index is 11.0. The highest BCUT2D eigenvalue weighted by Gasteiger charge is 2.37. The molecule has 2 N–H and O–H groups in total. The first-order chi connectivity index (χ1) is 18.9. The topological polar surface area (TPSA) is 67.8 Å². The molecule has 6 heteroatoms. The number of hydrogen-bond acceptors (Lipinski definition) is 4. The molecule has 0 amide bonds. The van der Waals surface area contributed by atoms with Crippen LogP contribution in [0.3, 0.4) is 0 Å². The third kappa shape index (κ3) is 7.00. The summed E-state index contributed by atoms with van der Waals surface area (Å²) in [5, 5.41) is 12.8. The Morgan fingerprint density at radius 1 is 0.900 bits per heavy atom. The summed E-state index contributed by atoms with van der Waals surface area (Å²) in [5.41, 5.74) is 6.89. The van der Waals surface area contributed by atoms with Gasteiger partial charge in [-0.2, -0.15) is 0 Å². The van der Waals surface area contributed by atoms with Crippen LogP contribution in [-0.2, 0) is 10.8 Å². The smallest absolute Gasteiger partial charge is 0.493 e. The molecule has 0 bridgehead atoms. The maximum atomic E-state index is 11.0. The van der Waals surface area contributed by atoms with E-state index in [0.29, 0.717) is 17.7 Å². The molecule has 0 radical (unpaired) electrons. The molecule has 4 rings (SSSR count). The highest BCUT2D eigenvalue weighted by molar-refractivity contribution is 6.33. The van der Waals surface area contributed by atoms with Crippen LogP contribution in [0.1, 0.15) is 78.4 Å². The second-order valence-electron chi connectivity index (χ2n) is 12.4. The van der Waals surface area contributed by atoms with E-state index in [9.17, 15) is 4.79 Å². The first-order valence-electron chi connectivity index (χ1n) is 14.2. The van der Waals surface area contributed by atoms with Crippen LogP contribution in [0.2, 0.25) is 5.02 Å². The highest BCUT2D eigenvalue weighted by atomic mass is 35.5. The Bertz CT molecular complexity index is 1360. The number of nitrogens with one attached hydrogen (secondary N) is 1. The van der Waals surface area contributed by atoms with Gasteiger partial charge in [-0.25, -0.2) is 4.79 Å². The number of benzene rings is 3. The molecule has 0 saturated carbocycles. The molecule has 214 valence electrons. The van der Waals surface area contributed by atoms with E-state index in [1.165, 1.54) is 23.6 Å². The third-order valence-electron chi connectivity index (χ3n) is 7.98. The Morgan fingerprint density at radius 3 is 2.25 bits per heavy atom. The zero-order valence-corrected chi connectivity index (χ0v) is 25.3. The first kappa shape index (κ1) is 30.0. The predicted octanol–water partition coefficient (Wildman–Crippen LogP) is 9.24. The minimum absolute atomic E-state index is 0.0895. The molecule has 5 nitrogen and oxygen atoms in total. The number of carbonyl (C=O) groups is 1. The monoisotopic (exact) mass is 563 g/mol. The van der Waals surface area contributed by atoms with Gasteiger partial charge in [0, 0.05) is 23.2 Å². The van der Waals surface area contributed by atoms with E-state index < -0.39 is 6.16 Å². The summed E-state index contributed by atoms with van der Waals surface area (Å²) in [5.74, 6) is 1.03. The molecule has 0 aromatic heterocycles. The van der Waals surface area contributed by atoms with Gasteiger partial charge < -0.3 is 19.9 Å². The number of rotatable bonds is 10. The summed E-state index contributed by atoms with van der Waals surface area (Å²) in [6.45, 7) is 15.3. The Labute approximate surface area is 243 Å². The van der Waals surface area contributed by atoms with Crippen LogP contribution in [0.25, 0.3) is 22.3 Å². The second kappa shape index (κ2) is 12.2. The Balaban J connectivity index is 1.71. The van der Waals surface area contributed by atoms with E-state index in [2.05, 4.69) is 71.1 Å². The van der Waals surface area contributed by atoms with Crippen LogP contribution < -0.4 is 14.8 Å². The van der Waals surface area contributed by atoms with Crippen molar-refractivity contribution in [3.05, 3.63) is 70.7 Å². The average Bonchev–Trinajstić information content (AvgIpc) is 2.88. The lowest BCUT2D eigenvalue weighted by molar-refractivity contribution is 0.144. The quantitative estimate of drug-likeness (QED) is 0.146. The third-order valence-corrected chi connectivity index (χ3v) is 8.29. The van der Waals surface area contributed by atoms with Crippen molar-refractivity contribution in [2.24, 2.45) is 0 Å². The minimum atomic E-state index is -1.37. The lowest BCUT2D eigenvalue weighted by Crippen LogP contribution is -2.33. The fourth-order valence-electron chi connectivity index (χ4n) is 5.50. The molecule has 0 saturated heterocycles. The van der Waals surface area contributed by atoms with Crippen molar-refractivity contribution in [3.63, 3.8) is 0 Å². The summed E-state index contributed by atoms with van der Waals surface area (Å²) in [4.78, 5) is 11.0. The van der Waals surface area contributed by atoms with E-state index in [-0.39, 0.29) is 16.6 Å². The van der Waals surface area contributed by atoms with E-state index in [0.717, 1.165) is 53.8 Å². The highest BCUT2D eigenvalue weighted by Crippen LogP contribution is 2.48. The lowest BCUT2D eigenvalue weighted by atomic mass is 9.63. The van der Waals surface area contributed by atoms with E-state index in [1.54, 1.807) is 12.1 Å². The number of hydrogen-bond donors (Lipinski definition) is 2. The molecule has 40 heavy (non-hydrogen) atoms. The molecule has 1 aliphatic carbocycles. The lowest BCUT2D eigenvalue weighted by Gasteiger charge is -2.42. The van der Waals surface area contributed by atoms with Crippen LogP contribution in [0.5, 0.6) is 11.5 Å². The van der Waals surface area contributed by atoms with Crippen molar-refractivity contribution in [3.8, 4) is 33.8 Å². The van der Waals surface area contributed by atoms with Crippen LogP contribution in [0.4, 0.5) is 4.79 Å². The van der Waals surface area contributed by atoms with Crippen LogP contribution in [0.15, 0.2) is 54.6 Å². The molecular weight excluding hydrogens is 522 g/mol. The van der Waals surface area contributed by atoms with Gasteiger partial charge in [0.2, 0.25) is 0 Å². The standard InChI is InChI=1S/C34H42ClNO4/c1-22(2)36-17-7-8-18-39-31-14-10-23(26-12-11-25(21-30(26)35)40-32(37)38)19-27(31)24-9-13-28-29(20-24)34(5,6)16-15-33(28,3)4/h9-14,19-22,36H,7-8,15-18H2,1-6H3,(H,37,38). The van der Waals surface area contributed by atoms with Gasteiger partial charge in [-0.3, -0.25) is 0 Å². The zero-order valence-electron chi connectivity index (χ0n) is 24.6. The van der Waals surface area contributed by atoms with E-state index in [1.807, 2.05) is 12.1 Å². The first-order valence-corrected chi connectivity index (χ1v) is 14.6. The summed E-state index contributed by atoms with van der Waals surface area (Å²) in [6.07, 6.45) is 2.95. The van der Waals surface area contributed by atoms with Crippen LogP contribution >= 0.6 is 11.6 Å². The van der Waals surface area contributed by atoms with E-state index in [4.69, 9.17) is 26.2 Å². The molecule has 1 aliphatic rings. The molecular formula is C34H42ClNO4. The number of ether oxygens (including phenoxy) is 2. The Hall–Kier alpha value is -3.02. The van der Waals surface area contributed by atoms with Gasteiger partial charge in [0.05, 0.1) is 11.6 Å². The van der Waals surface area contributed by atoms with Crippen LogP contribution in [0, 0.1) is 0 Å². The number of fused-ring (bicyclic) bond motifs is 1. The summed E-state index contributed by atoms with van der Waals surface area (Å²) in [7, 11) is 0. The normalized spacial score (nSPS) is 15.5. The molecule has 3 aromatic carbocycles. The molecule has 0 aliphatic heterocycles. The van der Waals surface area contributed by atoms with Gasteiger partial charge in [-0.15, -0.1) is 0 Å². The molecule has 3 aromatic rings. The number of unbranched alkanes of at least 4 members (excludes halogenated alkanes) is 1. The Kier molecular flexibility index (Phi) is 9.16. The average molecular weight is 564 g/mol.